The normalized spacial score (nSPS) is 11.0. The number of nitrogens with one attached hydrogen (secondary N) is 1. The van der Waals surface area contributed by atoms with Crippen LogP contribution < -0.4 is 9.46 Å². The van der Waals surface area contributed by atoms with Gasteiger partial charge in [-0.2, -0.15) is 5.26 Å². The van der Waals surface area contributed by atoms with Gasteiger partial charge in [0.2, 0.25) is 0 Å². The van der Waals surface area contributed by atoms with Gasteiger partial charge in [0.1, 0.15) is 5.75 Å². The second kappa shape index (κ2) is 8.13. The molecule has 0 aliphatic carbocycles. The van der Waals surface area contributed by atoms with Crippen molar-refractivity contribution in [2.45, 2.75) is 11.8 Å². The molecule has 1 amide bonds. The zero-order valence-corrected chi connectivity index (χ0v) is 14.3. The van der Waals surface area contributed by atoms with Gasteiger partial charge in [-0.15, -0.1) is 0 Å². The Labute approximate surface area is 146 Å². The molecule has 0 heterocycles. The first-order valence-electron chi connectivity index (χ1n) is 7.42. The van der Waals surface area contributed by atoms with E-state index in [2.05, 4.69) is 0 Å². The van der Waals surface area contributed by atoms with Gasteiger partial charge >= 0.3 is 0 Å². The van der Waals surface area contributed by atoms with Gasteiger partial charge in [0.05, 0.1) is 23.1 Å². The van der Waals surface area contributed by atoms with Gasteiger partial charge in [0.25, 0.3) is 15.9 Å². The van der Waals surface area contributed by atoms with Gasteiger partial charge in [0, 0.05) is 6.08 Å². The molecule has 0 spiro atoms. The van der Waals surface area contributed by atoms with Crippen molar-refractivity contribution in [1.82, 2.24) is 4.72 Å². The smallest absolute Gasteiger partial charge is 0.264 e. The molecular weight excluding hydrogens is 340 g/mol. The molecule has 0 saturated carbocycles. The highest BCUT2D eigenvalue weighted by Gasteiger charge is 2.15. The lowest BCUT2D eigenvalue weighted by molar-refractivity contribution is -0.114. The van der Waals surface area contributed by atoms with E-state index in [9.17, 15) is 13.2 Å². The molecule has 2 rings (SSSR count). The van der Waals surface area contributed by atoms with Crippen LogP contribution in [0.2, 0.25) is 0 Å². The summed E-state index contributed by atoms with van der Waals surface area (Å²) in [6.07, 6.45) is 2.64. The summed E-state index contributed by atoms with van der Waals surface area (Å²) in [4.78, 5) is 11.8. The minimum atomic E-state index is -3.98. The Hall–Kier alpha value is -3.11. The maximum absolute atomic E-state index is 12.1. The number of benzene rings is 2. The first-order chi connectivity index (χ1) is 11.9. The van der Waals surface area contributed by atoms with Crippen LogP contribution in [0, 0.1) is 11.3 Å². The van der Waals surface area contributed by atoms with Crippen molar-refractivity contribution in [1.29, 1.82) is 5.26 Å². The molecule has 0 saturated heterocycles. The molecule has 6 nitrogen and oxygen atoms in total. The molecule has 1 N–H and O–H groups in total. The Morgan fingerprint density at radius 1 is 1.16 bits per heavy atom. The lowest BCUT2D eigenvalue weighted by atomic mass is 10.2. The molecule has 0 unspecified atom stereocenters. The first kappa shape index (κ1) is 18.2. The fourth-order valence-corrected chi connectivity index (χ4v) is 2.89. The summed E-state index contributed by atoms with van der Waals surface area (Å²) >= 11 is 0. The Kier molecular flexibility index (Phi) is 5.93. The third kappa shape index (κ3) is 5.19. The summed E-state index contributed by atoms with van der Waals surface area (Å²) in [6, 6.07) is 14.2. The summed E-state index contributed by atoms with van der Waals surface area (Å²) in [5, 5.41) is 8.72. The highest BCUT2D eigenvalue weighted by atomic mass is 32.2. The van der Waals surface area contributed by atoms with Gasteiger partial charge in [-0.05, 0) is 55.0 Å². The lowest BCUT2D eigenvalue weighted by Crippen LogP contribution is -2.28. The van der Waals surface area contributed by atoms with Crippen LogP contribution in [0.1, 0.15) is 18.1 Å². The number of rotatable bonds is 6. The van der Waals surface area contributed by atoms with Gasteiger partial charge in [-0.1, -0.05) is 12.1 Å². The van der Waals surface area contributed by atoms with Crippen LogP contribution in [-0.4, -0.2) is 20.9 Å². The van der Waals surface area contributed by atoms with Crippen LogP contribution >= 0.6 is 0 Å². The Morgan fingerprint density at radius 2 is 1.80 bits per heavy atom. The Morgan fingerprint density at radius 3 is 2.36 bits per heavy atom. The van der Waals surface area contributed by atoms with Crippen molar-refractivity contribution in [3.63, 3.8) is 0 Å². The maximum Gasteiger partial charge on any atom is 0.264 e. The number of nitriles is 1. The largest absolute Gasteiger partial charge is 0.494 e. The monoisotopic (exact) mass is 356 g/mol. The molecule has 7 heteroatoms. The highest BCUT2D eigenvalue weighted by Crippen LogP contribution is 2.13. The Bertz CT molecular complexity index is 909. The number of hydrogen-bond donors (Lipinski definition) is 1. The standard InChI is InChI=1S/C18H16N2O4S/c1-2-24-16-8-3-14(4-9-16)7-12-18(21)20-25(22,23)17-10-5-15(13-19)6-11-17/h3-12H,2H2,1H3,(H,20,21). The Balaban J connectivity index is 2.03. The van der Waals surface area contributed by atoms with Crippen LogP contribution in [-0.2, 0) is 14.8 Å². The van der Waals surface area contributed by atoms with Gasteiger partial charge in [-0.3, -0.25) is 4.79 Å². The number of amides is 1. The van der Waals surface area contributed by atoms with Crippen molar-refractivity contribution in [2.75, 3.05) is 6.61 Å². The SMILES string of the molecule is CCOc1ccc(C=CC(=O)NS(=O)(=O)c2ccc(C#N)cc2)cc1. The summed E-state index contributed by atoms with van der Waals surface area (Å²) < 4.78 is 31.5. The highest BCUT2D eigenvalue weighted by molar-refractivity contribution is 7.90. The molecule has 0 fully saturated rings. The first-order valence-corrected chi connectivity index (χ1v) is 8.91. The third-order valence-electron chi connectivity index (χ3n) is 3.15. The molecule has 128 valence electrons. The second-order valence-electron chi connectivity index (χ2n) is 4.94. The molecule has 0 aliphatic rings. The van der Waals surface area contributed by atoms with E-state index in [1.165, 1.54) is 30.3 Å². The molecule has 0 aliphatic heterocycles. The predicted octanol–water partition coefficient (Wildman–Crippen LogP) is 2.48. The molecular formula is C18H16N2O4S. The van der Waals surface area contributed by atoms with Crippen LogP contribution in [0.3, 0.4) is 0 Å². The van der Waals surface area contributed by atoms with Crippen LogP contribution in [0.25, 0.3) is 6.08 Å². The predicted molar refractivity (Wildman–Crippen MR) is 93.1 cm³/mol. The van der Waals surface area contributed by atoms with Crippen LogP contribution in [0.5, 0.6) is 5.75 Å². The van der Waals surface area contributed by atoms with Crippen LogP contribution in [0.15, 0.2) is 59.5 Å². The van der Waals surface area contributed by atoms with Crippen molar-refractivity contribution in [3.05, 3.63) is 65.7 Å². The molecule has 0 radical (unpaired) electrons. The lowest BCUT2D eigenvalue weighted by Gasteiger charge is -2.05. The van der Waals surface area contributed by atoms with E-state index in [0.29, 0.717) is 17.9 Å². The summed E-state index contributed by atoms with van der Waals surface area (Å²) in [6.45, 7) is 2.44. The van der Waals surface area contributed by atoms with Crippen LogP contribution in [0.4, 0.5) is 0 Å². The van der Waals surface area contributed by atoms with E-state index >= 15 is 0 Å². The maximum atomic E-state index is 12.1. The van der Waals surface area contributed by atoms with Gasteiger partial charge in [-0.25, -0.2) is 13.1 Å². The fourth-order valence-electron chi connectivity index (χ4n) is 1.95. The topological polar surface area (TPSA) is 96.3 Å². The number of hydrogen-bond acceptors (Lipinski definition) is 5. The zero-order valence-electron chi connectivity index (χ0n) is 13.5. The second-order valence-corrected chi connectivity index (χ2v) is 6.62. The molecule has 25 heavy (non-hydrogen) atoms. The average molecular weight is 356 g/mol. The summed E-state index contributed by atoms with van der Waals surface area (Å²) in [5.74, 6) is -0.0502. The molecule has 0 bridgehead atoms. The van der Waals surface area contributed by atoms with E-state index in [4.69, 9.17) is 10.00 Å². The average Bonchev–Trinajstić information content (AvgIpc) is 2.61. The number of ether oxygens (including phenoxy) is 1. The van der Waals surface area contributed by atoms with Crippen molar-refractivity contribution in [3.8, 4) is 11.8 Å². The molecule has 2 aromatic rings. The molecule has 0 atom stereocenters. The third-order valence-corrected chi connectivity index (χ3v) is 4.51. The van der Waals surface area contributed by atoms with Crippen molar-refractivity contribution >= 4 is 22.0 Å². The molecule has 2 aromatic carbocycles. The van der Waals surface area contributed by atoms with Gasteiger partial charge in [0.15, 0.2) is 0 Å². The zero-order chi connectivity index (χ0) is 18.3. The van der Waals surface area contributed by atoms with Gasteiger partial charge < -0.3 is 4.74 Å². The molecule has 0 aromatic heterocycles. The van der Waals surface area contributed by atoms with Crippen molar-refractivity contribution < 1.29 is 17.9 Å². The number of nitrogens with zero attached hydrogens (tertiary/aromatic N) is 1. The van der Waals surface area contributed by atoms with E-state index in [1.807, 2.05) is 17.7 Å². The fraction of sp³-hybridized carbons (Fsp3) is 0.111. The van der Waals surface area contributed by atoms with E-state index in [-0.39, 0.29) is 4.90 Å². The summed E-state index contributed by atoms with van der Waals surface area (Å²) in [5.41, 5.74) is 1.06. The van der Waals surface area contributed by atoms with E-state index in [0.717, 1.165) is 11.6 Å². The van der Waals surface area contributed by atoms with Crippen molar-refractivity contribution in [2.24, 2.45) is 0 Å². The van der Waals surface area contributed by atoms with E-state index in [1.54, 1.807) is 24.3 Å². The minimum absolute atomic E-state index is 0.0886. The number of carbonyl (C=O) groups is 1. The number of carbonyl (C=O) groups excluding carboxylic acids is 1. The van der Waals surface area contributed by atoms with E-state index < -0.39 is 15.9 Å². The number of sulfonamides is 1. The quantitative estimate of drug-likeness (QED) is 0.802. The minimum Gasteiger partial charge on any atom is -0.494 e. The summed E-state index contributed by atoms with van der Waals surface area (Å²) in [7, 11) is -3.98.